The van der Waals surface area contributed by atoms with Gasteiger partial charge in [0.15, 0.2) is 0 Å². The van der Waals surface area contributed by atoms with E-state index in [2.05, 4.69) is 52.0 Å². The predicted octanol–water partition coefficient (Wildman–Crippen LogP) is 3.45. The molecule has 1 aromatic heterocycles. The zero-order valence-electron chi connectivity index (χ0n) is 13.8. The van der Waals surface area contributed by atoms with Crippen LogP contribution in [0.5, 0.6) is 0 Å². The second kappa shape index (κ2) is 7.90. The fourth-order valence-corrected chi connectivity index (χ4v) is 2.61. The number of halogens is 1. The van der Waals surface area contributed by atoms with Crippen LogP contribution in [0.4, 0.5) is 5.69 Å². The van der Waals surface area contributed by atoms with Crippen LogP contribution in [-0.4, -0.2) is 26.1 Å². The van der Waals surface area contributed by atoms with Gasteiger partial charge in [-0.05, 0) is 52.6 Å². The number of aryl methyl sites for hydroxylation is 2. The van der Waals surface area contributed by atoms with Crippen molar-refractivity contribution < 1.29 is 4.79 Å². The van der Waals surface area contributed by atoms with Crippen molar-refractivity contribution in [3.05, 3.63) is 64.9 Å². The van der Waals surface area contributed by atoms with Gasteiger partial charge in [-0.2, -0.15) is 0 Å². The molecule has 0 aliphatic heterocycles. The maximum absolute atomic E-state index is 12.2. The molecule has 1 heterocycles. The van der Waals surface area contributed by atoms with Gasteiger partial charge in [0.25, 0.3) is 0 Å². The molecule has 0 aliphatic carbocycles. The van der Waals surface area contributed by atoms with E-state index in [-0.39, 0.29) is 5.91 Å². The van der Waals surface area contributed by atoms with E-state index in [0.29, 0.717) is 23.6 Å². The van der Waals surface area contributed by atoms with Gasteiger partial charge in [0.1, 0.15) is 6.33 Å². The third-order valence-corrected chi connectivity index (χ3v) is 4.24. The number of hydrogen-bond donors (Lipinski definition) is 1. The summed E-state index contributed by atoms with van der Waals surface area (Å²) >= 11 is 6.18. The van der Waals surface area contributed by atoms with Crippen molar-refractivity contribution in [2.75, 3.05) is 5.32 Å². The number of benzene rings is 2. The molecule has 1 N–H and O–H groups in total. The Hall–Kier alpha value is -2.73. The number of carbonyl (C=O) groups excluding carboxylic acids is 1. The van der Waals surface area contributed by atoms with Crippen molar-refractivity contribution in [1.82, 2.24) is 20.2 Å². The quantitative estimate of drug-likeness (QED) is 0.735. The molecule has 25 heavy (non-hydrogen) atoms. The summed E-state index contributed by atoms with van der Waals surface area (Å²) in [5.41, 5.74) is 3.70. The number of tetrazole rings is 1. The Labute approximate surface area is 150 Å². The van der Waals surface area contributed by atoms with Gasteiger partial charge in [-0.1, -0.05) is 42.8 Å². The Morgan fingerprint density at radius 2 is 1.92 bits per heavy atom. The van der Waals surface area contributed by atoms with Crippen molar-refractivity contribution in [2.24, 2.45) is 0 Å². The first-order valence-electron chi connectivity index (χ1n) is 8.06. The van der Waals surface area contributed by atoms with E-state index in [0.717, 1.165) is 17.7 Å². The summed E-state index contributed by atoms with van der Waals surface area (Å²) in [6.45, 7) is 2.12. The monoisotopic (exact) mass is 355 g/mol. The number of amides is 1. The third kappa shape index (κ3) is 4.42. The molecule has 3 rings (SSSR count). The summed E-state index contributed by atoms with van der Waals surface area (Å²) in [6.07, 6.45) is 3.56. The number of nitrogens with zero attached hydrogens (tertiary/aromatic N) is 4. The Morgan fingerprint density at radius 3 is 2.60 bits per heavy atom. The average molecular weight is 356 g/mol. The largest absolute Gasteiger partial charge is 0.325 e. The van der Waals surface area contributed by atoms with Crippen molar-refractivity contribution >= 4 is 23.2 Å². The number of rotatable bonds is 6. The molecule has 0 spiro atoms. The highest BCUT2D eigenvalue weighted by atomic mass is 35.5. The first-order chi connectivity index (χ1) is 12.2. The Bertz CT molecular complexity index is 846. The number of anilines is 1. The third-order valence-electron chi connectivity index (χ3n) is 3.91. The maximum Gasteiger partial charge on any atom is 0.224 e. The molecule has 0 atom stereocenters. The van der Waals surface area contributed by atoms with Crippen molar-refractivity contribution in [2.45, 2.75) is 26.2 Å². The van der Waals surface area contributed by atoms with Crippen LogP contribution in [0.25, 0.3) is 5.69 Å². The van der Waals surface area contributed by atoms with Gasteiger partial charge in [0.05, 0.1) is 16.4 Å². The second-order valence-corrected chi connectivity index (χ2v) is 6.04. The minimum atomic E-state index is -0.0877. The van der Waals surface area contributed by atoms with Gasteiger partial charge in [0, 0.05) is 6.42 Å². The van der Waals surface area contributed by atoms with Crippen LogP contribution >= 0.6 is 11.6 Å². The molecule has 0 saturated carbocycles. The van der Waals surface area contributed by atoms with Gasteiger partial charge in [-0.15, -0.1) is 5.10 Å². The Balaban J connectivity index is 1.63. The molecular weight excluding hydrogens is 338 g/mol. The maximum atomic E-state index is 12.2. The highest BCUT2D eigenvalue weighted by molar-refractivity contribution is 6.33. The molecule has 6 nitrogen and oxygen atoms in total. The fraction of sp³-hybridized carbons (Fsp3) is 0.222. The summed E-state index contributed by atoms with van der Waals surface area (Å²) in [5.74, 6) is -0.0877. The zero-order valence-corrected chi connectivity index (χ0v) is 14.6. The molecule has 0 unspecified atom stereocenters. The summed E-state index contributed by atoms with van der Waals surface area (Å²) in [5, 5.41) is 14.3. The smallest absolute Gasteiger partial charge is 0.224 e. The Kier molecular flexibility index (Phi) is 5.40. The highest BCUT2D eigenvalue weighted by Crippen LogP contribution is 2.24. The molecule has 0 aliphatic rings. The molecule has 128 valence electrons. The van der Waals surface area contributed by atoms with E-state index >= 15 is 0 Å². The molecule has 0 saturated heterocycles. The predicted molar refractivity (Wildman–Crippen MR) is 96.9 cm³/mol. The van der Waals surface area contributed by atoms with Gasteiger partial charge >= 0.3 is 0 Å². The molecule has 7 heteroatoms. The molecule has 2 aromatic carbocycles. The normalized spacial score (nSPS) is 10.6. The van der Waals surface area contributed by atoms with E-state index in [9.17, 15) is 4.79 Å². The lowest BCUT2D eigenvalue weighted by molar-refractivity contribution is -0.116. The SMILES string of the molecule is CCc1ccc(CCC(=O)Nc2cc(-n3cnnn3)ccc2Cl)cc1. The summed E-state index contributed by atoms with van der Waals surface area (Å²) < 4.78 is 1.50. The lowest BCUT2D eigenvalue weighted by Crippen LogP contribution is -2.13. The fourth-order valence-electron chi connectivity index (χ4n) is 2.44. The van der Waals surface area contributed by atoms with Crippen LogP contribution in [0.2, 0.25) is 5.02 Å². The lowest BCUT2D eigenvalue weighted by atomic mass is 10.1. The van der Waals surface area contributed by atoms with Crippen LogP contribution in [0.3, 0.4) is 0 Å². The van der Waals surface area contributed by atoms with Gasteiger partial charge in [0.2, 0.25) is 5.91 Å². The molecule has 1 amide bonds. The van der Waals surface area contributed by atoms with Crippen LogP contribution in [0, 0.1) is 0 Å². The summed E-state index contributed by atoms with van der Waals surface area (Å²) in [4.78, 5) is 12.2. The van der Waals surface area contributed by atoms with Crippen molar-refractivity contribution in [3.8, 4) is 5.69 Å². The average Bonchev–Trinajstić information content (AvgIpc) is 3.17. The van der Waals surface area contributed by atoms with E-state index in [4.69, 9.17) is 11.6 Å². The summed E-state index contributed by atoms with van der Waals surface area (Å²) in [6, 6.07) is 13.6. The number of aromatic nitrogens is 4. The van der Waals surface area contributed by atoms with Gasteiger partial charge in [-0.3, -0.25) is 4.79 Å². The van der Waals surface area contributed by atoms with E-state index in [1.807, 2.05) is 0 Å². The zero-order chi connectivity index (χ0) is 17.6. The first-order valence-corrected chi connectivity index (χ1v) is 8.44. The van der Waals surface area contributed by atoms with Crippen LogP contribution in [0.1, 0.15) is 24.5 Å². The molecule has 0 radical (unpaired) electrons. The summed E-state index contributed by atoms with van der Waals surface area (Å²) in [7, 11) is 0. The number of nitrogens with one attached hydrogen (secondary N) is 1. The lowest BCUT2D eigenvalue weighted by Gasteiger charge is -2.09. The minimum Gasteiger partial charge on any atom is -0.325 e. The van der Waals surface area contributed by atoms with Crippen LogP contribution in [-0.2, 0) is 17.6 Å². The van der Waals surface area contributed by atoms with Crippen LogP contribution in [0.15, 0.2) is 48.8 Å². The van der Waals surface area contributed by atoms with E-state index in [1.54, 1.807) is 18.2 Å². The topological polar surface area (TPSA) is 72.7 Å². The van der Waals surface area contributed by atoms with Gasteiger partial charge in [-0.25, -0.2) is 4.68 Å². The van der Waals surface area contributed by atoms with Crippen LogP contribution < -0.4 is 5.32 Å². The standard InChI is InChI=1S/C18H18ClN5O/c1-2-13-3-5-14(6-4-13)7-10-18(25)21-17-11-15(8-9-16(17)19)24-12-20-22-23-24/h3-6,8-9,11-12H,2,7,10H2,1H3,(H,21,25). The van der Waals surface area contributed by atoms with Crippen molar-refractivity contribution in [1.29, 1.82) is 0 Å². The molecule has 0 bridgehead atoms. The van der Waals surface area contributed by atoms with E-state index in [1.165, 1.54) is 16.6 Å². The number of carbonyl (C=O) groups is 1. The second-order valence-electron chi connectivity index (χ2n) is 5.64. The van der Waals surface area contributed by atoms with Gasteiger partial charge < -0.3 is 5.32 Å². The minimum absolute atomic E-state index is 0.0877. The molecule has 0 fully saturated rings. The Morgan fingerprint density at radius 1 is 1.16 bits per heavy atom. The van der Waals surface area contributed by atoms with E-state index < -0.39 is 0 Å². The van der Waals surface area contributed by atoms with Crippen molar-refractivity contribution in [3.63, 3.8) is 0 Å². The highest BCUT2D eigenvalue weighted by Gasteiger charge is 2.09. The molecular formula is C18H18ClN5O. The molecule has 3 aromatic rings. The first kappa shape index (κ1) is 17.1. The number of hydrogen-bond acceptors (Lipinski definition) is 4.